The molecule has 13 heavy (non-hydrogen) atoms. The number of rotatable bonds is 1. The lowest BCUT2D eigenvalue weighted by atomic mass is 10.5. The van der Waals surface area contributed by atoms with E-state index >= 15 is 0 Å². The van der Waals surface area contributed by atoms with Crippen molar-refractivity contribution in [2.75, 3.05) is 0 Å². The second kappa shape index (κ2) is 3.21. The third-order valence-corrected chi connectivity index (χ3v) is 1.83. The van der Waals surface area contributed by atoms with E-state index in [0.29, 0.717) is 0 Å². The largest absolute Gasteiger partial charge is 0.242 e. The molecule has 0 aliphatic rings. The normalized spacial score (nSPS) is 10.3. The van der Waals surface area contributed by atoms with Gasteiger partial charge >= 0.3 is 0 Å². The maximum atomic E-state index is 13.1. The molecule has 0 bridgehead atoms. The van der Waals surface area contributed by atoms with Crippen LogP contribution in [0.3, 0.4) is 0 Å². The maximum absolute atomic E-state index is 13.1. The highest BCUT2D eigenvalue weighted by Gasteiger charge is 2.05. The SMILES string of the molecule is Fc1cncnc1-n1cc(Br)cn1. The summed E-state index contributed by atoms with van der Waals surface area (Å²) in [5.41, 5.74) is 0. The van der Waals surface area contributed by atoms with Gasteiger partial charge in [0.05, 0.1) is 16.9 Å². The second-order valence-corrected chi connectivity index (χ2v) is 3.21. The van der Waals surface area contributed by atoms with E-state index in [2.05, 4.69) is 31.0 Å². The van der Waals surface area contributed by atoms with E-state index < -0.39 is 5.82 Å². The first kappa shape index (κ1) is 8.31. The van der Waals surface area contributed by atoms with Crippen LogP contribution in [0.25, 0.3) is 5.82 Å². The summed E-state index contributed by atoms with van der Waals surface area (Å²) in [6.45, 7) is 0. The van der Waals surface area contributed by atoms with Crippen molar-refractivity contribution in [2.24, 2.45) is 0 Å². The van der Waals surface area contributed by atoms with Crippen LogP contribution in [0.15, 0.2) is 29.4 Å². The van der Waals surface area contributed by atoms with Crippen molar-refractivity contribution in [3.05, 3.63) is 35.2 Å². The van der Waals surface area contributed by atoms with Crippen molar-refractivity contribution >= 4 is 15.9 Å². The van der Waals surface area contributed by atoms with E-state index in [0.717, 1.165) is 10.7 Å². The van der Waals surface area contributed by atoms with E-state index in [1.54, 1.807) is 12.4 Å². The molecule has 0 N–H and O–H groups in total. The lowest BCUT2D eigenvalue weighted by Crippen LogP contribution is -2.01. The molecule has 0 saturated heterocycles. The molecule has 2 aromatic rings. The molecule has 0 aromatic carbocycles. The van der Waals surface area contributed by atoms with E-state index in [1.165, 1.54) is 11.0 Å². The second-order valence-electron chi connectivity index (χ2n) is 2.30. The minimum atomic E-state index is -0.502. The summed E-state index contributed by atoms with van der Waals surface area (Å²) in [6.07, 6.45) is 5.54. The zero-order chi connectivity index (χ0) is 9.26. The van der Waals surface area contributed by atoms with Crippen molar-refractivity contribution in [2.45, 2.75) is 0 Å². The Bertz CT molecular complexity index is 428. The van der Waals surface area contributed by atoms with Crippen molar-refractivity contribution in [3.63, 3.8) is 0 Å². The van der Waals surface area contributed by atoms with Gasteiger partial charge in [-0.25, -0.2) is 19.0 Å². The lowest BCUT2D eigenvalue weighted by Gasteiger charge is -1.98. The summed E-state index contributed by atoms with van der Waals surface area (Å²) in [4.78, 5) is 7.29. The Hall–Kier alpha value is -1.30. The molecule has 4 nitrogen and oxygen atoms in total. The van der Waals surface area contributed by atoms with Crippen LogP contribution >= 0.6 is 15.9 Å². The van der Waals surface area contributed by atoms with E-state index in [9.17, 15) is 4.39 Å². The Labute approximate surface area is 81.6 Å². The Kier molecular flexibility index (Phi) is 2.05. The lowest BCUT2D eigenvalue weighted by molar-refractivity contribution is 0.592. The van der Waals surface area contributed by atoms with Gasteiger partial charge in [-0.2, -0.15) is 5.10 Å². The van der Waals surface area contributed by atoms with Gasteiger partial charge in [0.25, 0.3) is 0 Å². The number of aromatic nitrogens is 4. The third-order valence-electron chi connectivity index (χ3n) is 1.42. The third kappa shape index (κ3) is 1.57. The fraction of sp³-hybridized carbons (Fsp3) is 0. The number of nitrogens with zero attached hydrogens (tertiary/aromatic N) is 4. The monoisotopic (exact) mass is 242 g/mol. The van der Waals surface area contributed by atoms with E-state index in [-0.39, 0.29) is 5.82 Å². The average Bonchev–Trinajstić information content (AvgIpc) is 2.53. The Morgan fingerprint density at radius 3 is 2.85 bits per heavy atom. The summed E-state index contributed by atoms with van der Waals surface area (Å²) in [5, 5.41) is 3.89. The molecule has 0 unspecified atom stereocenters. The van der Waals surface area contributed by atoms with Crippen LogP contribution in [0.2, 0.25) is 0 Å². The van der Waals surface area contributed by atoms with Crippen LogP contribution < -0.4 is 0 Å². The summed E-state index contributed by atoms with van der Waals surface area (Å²) >= 11 is 3.20. The molecule has 66 valence electrons. The molecule has 0 amide bonds. The van der Waals surface area contributed by atoms with Gasteiger partial charge < -0.3 is 0 Å². The molecule has 2 aromatic heterocycles. The molecule has 6 heteroatoms. The van der Waals surface area contributed by atoms with Gasteiger partial charge in [0.2, 0.25) is 0 Å². The zero-order valence-electron chi connectivity index (χ0n) is 6.35. The smallest absolute Gasteiger partial charge is 0.192 e. The predicted octanol–water partition coefficient (Wildman–Crippen LogP) is 1.56. The summed E-state index contributed by atoms with van der Waals surface area (Å²) in [6, 6.07) is 0. The van der Waals surface area contributed by atoms with Crippen molar-refractivity contribution in [1.29, 1.82) is 0 Å². The molecule has 0 aliphatic carbocycles. The quantitative estimate of drug-likeness (QED) is 0.763. The Balaban J connectivity index is 2.52. The Morgan fingerprint density at radius 2 is 2.23 bits per heavy atom. The van der Waals surface area contributed by atoms with Crippen LogP contribution in [-0.2, 0) is 0 Å². The molecule has 0 saturated carbocycles. The van der Waals surface area contributed by atoms with Gasteiger partial charge in [-0.05, 0) is 15.9 Å². The first-order valence-corrected chi connectivity index (χ1v) is 4.23. The van der Waals surface area contributed by atoms with Crippen LogP contribution in [0, 0.1) is 5.82 Å². The van der Waals surface area contributed by atoms with Gasteiger partial charge in [0, 0.05) is 6.20 Å². The molecule has 0 spiro atoms. The standard InChI is InChI=1S/C7H4BrFN4/c8-5-1-12-13(3-5)7-6(9)2-10-4-11-7/h1-4H. The first-order chi connectivity index (χ1) is 6.27. The fourth-order valence-electron chi connectivity index (χ4n) is 0.891. The number of halogens is 2. The molecule has 2 rings (SSSR count). The minimum absolute atomic E-state index is 0.140. The zero-order valence-corrected chi connectivity index (χ0v) is 7.94. The average molecular weight is 243 g/mol. The Morgan fingerprint density at radius 1 is 1.38 bits per heavy atom. The maximum Gasteiger partial charge on any atom is 0.192 e. The molecule has 2 heterocycles. The van der Waals surface area contributed by atoms with Gasteiger partial charge in [0.15, 0.2) is 11.6 Å². The van der Waals surface area contributed by atoms with E-state index in [1.807, 2.05) is 0 Å². The molecule has 0 atom stereocenters. The minimum Gasteiger partial charge on any atom is -0.242 e. The van der Waals surface area contributed by atoms with Crippen molar-refractivity contribution in [1.82, 2.24) is 19.7 Å². The van der Waals surface area contributed by atoms with E-state index in [4.69, 9.17) is 0 Å². The molecular weight excluding hydrogens is 239 g/mol. The molecular formula is C7H4BrFN4. The summed E-state index contributed by atoms with van der Waals surface area (Å²) < 4.78 is 15.2. The molecule has 0 fully saturated rings. The van der Waals surface area contributed by atoms with Crippen LogP contribution in [0.4, 0.5) is 4.39 Å². The molecule has 0 aliphatic heterocycles. The van der Waals surface area contributed by atoms with Gasteiger partial charge in [-0.3, -0.25) is 0 Å². The highest BCUT2D eigenvalue weighted by Crippen LogP contribution is 2.11. The number of hydrogen-bond acceptors (Lipinski definition) is 3. The summed E-state index contributed by atoms with van der Waals surface area (Å²) in [5.74, 6) is -0.362. The predicted molar refractivity (Wildman–Crippen MR) is 46.8 cm³/mol. The number of hydrogen-bond donors (Lipinski definition) is 0. The van der Waals surface area contributed by atoms with Crippen molar-refractivity contribution < 1.29 is 4.39 Å². The van der Waals surface area contributed by atoms with Crippen LogP contribution in [-0.4, -0.2) is 19.7 Å². The molecule has 0 radical (unpaired) electrons. The fourth-order valence-corrected chi connectivity index (χ4v) is 1.18. The highest BCUT2D eigenvalue weighted by atomic mass is 79.9. The van der Waals surface area contributed by atoms with Gasteiger partial charge in [-0.15, -0.1) is 0 Å². The van der Waals surface area contributed by atoms with Crippen molar-refractivity contribution in [3.8, 4) is 5.82 Å². The van der Waals surface area contributed by atoms with Crippen LogP contribution in [0.1, 0.15) is 0 Å². The topological polar surface area (TPSA) is 43.6 Å². The van der Waals surface area contributed by atoms with Gasteiger partial charge in [0.1, 0.15) is 6.33 Å². The highest BCUT2D eigenvalue weighted by molar-refractivity contribution is 9.10. The first-order valence-electron chi connectivity index (χ1n) is 3.43. The summed E-state index contributed by atoms with van der Waals surface area (Å²) in [7, 11) is 0. The van der Waals surface area contributed by atoms with Gasteiger partial charge in [-0.1, -0.05) is 0 Å². The van der Waals surface area contributed by atoms with Crippen LogP contribution in [0.5, 0.6) is 0 Å².